The van der Waals surface area contributed by atoms with Crippen LogP contribution in [0.1, 0.15) is 88.8 Å². The monoisotopic (exact) mass is 876 g/mol. The Balaban J connectivity index is 1.73. The van der Waals surface area contributed by atoms with Crippen LogP contribution in [0.25, 0.3) is 0 Å². The third-order valence-corrected chi connectivity index (χ3v) is 18.2. The molecule has 0 saturated carbocycles. The first-order valence-electron chi connectivity index (χ1n) is 20.9. The molecule has 0 aliphatic carbocycles. The minimum Gasteiger partial charge on any atom is -0.497 e. The van der Waals surface area contributed by atoms with E-state index in [2.05, 4.69) is 72.3 Å². The van der Waals surface area contributed by atoms with Gasteiger partial charge in [-0.1, -0.05) is 75.4 Å². The zero-order valence-corrected chi connectivity index (χ0v) is 39.6. The van der Waals surface area contributed by atoms with Crippen molar-refractivity contribution in [1.29, 1.82) is 5.26 Å². The summed E-state index contributed by atoms with van der Waals surface area (Å²) in [5, 5.41) is 9.24. The van der Waals surface area contributed by atoms with Gasteiger partial charge in [-0.15, -0.1) is 0 Å². The molecule has 0 bridgehead atoms. The lowest BCUT2D eigenvalue weighted by Gasteiger charge is -2.43. The molecule has 1 fully saturated rings. The molecule has 0 spiro atoms. The number of halogens is 2. The van der Waals surface area contributed by atoms with Crippen molar-refractivity contribution in [2.75, 3.05) is 27.4 Å². The summed E-state index contributed by atoms with van der Waals surface area (Å²) in [6, 6.07) is 30.0. The first-order valence-corrected chi connectivity index (χ1v) is 24.9. The van der Waals surface area contributed by atoms with Gasteiger partial charge in [0.2, 0.25) is 0 Å². The van der Waals surface area contributed by atoms with Crippen LogP contribution in [0.5, 0.6) is 11.5 Å². The minimum absolute atomic E-state index is 0.0156. The molecule has 2 unspecified atom stereocenters. The van der Waals surface area contributed by atoms with E-state index in [1.54, 1.807) is 21.1 Å². The number of aryl methyl sites for hydroxylation is 1. The molecule has 1 aliphatic rings. The molecule has 1 saturated heterocycles. The second-order valence-corrected chi connectivity index (χ2v) is 23.7. The zero-order valence-electron chi connectivity index (χ0n) is 37.7. The Kier molecular flexibility index (Phi) is 16.3. The Labute approximate surface area is 364 Å². The van der Waals surface area contributed by atoms with Gasteiger partial charge in [0.15, 0.2) is 8.32 Å². The quantitative estimate of drug-likeness (QED) is 0.0395. The molecule has 0 aromatic heterocycles. The number of methoxy groups -OCH3 is 2. The van der Waals surface area contributed by atoms with Crippen LogP contribution >= 0.6 is 8.53 Å². The minimum atomic E-state index is -2.65. The summed E-state index contributed by atoms with van der Waals surface area (Å²) in [7, 11) is -1.25. The van der Waals surface area contributed by atoms with Crippen molar-refractivity contribution >= 4 is 16.8 Å². The molecule has 4 aromatic carbocycles. The summed E-state index contributed by atoms with van der Waals surface area (Å²) in [5.41, 5.74) is 1.72. The van der Waals surface area contributed by atoms with Gasteiger partial charge in [0, 0.05) is 23.7 Å². The van der Waals surface area contributed by atoms with Crippen molar-refractivity contribution in [3.05, 3.63) is 130 Å². The van der Waals surface area contributed by atoms with Crippen LogP contribution in [0.15, 0.2) is 91.0 Å². The van der Waals surface area contributed by atoms with Gasteiger partial charge >= 0.3 is 0 Å². The zero-order chi connectivity index (χ0) is 44.7. The molecule has 1 heterocycles. The van der Waals surface area contributed by atoms with Crippen LogP contribution < -0.4 is 9.47 Å². The SMILES string of the molecule is COc1ccc(C(OC[C@H]2O[C@@H](c3cc(C)c(F)cc3F)C(OP(OCCC#N)N(C(C)C)C(C)C)[C@H]2O[Si](C)(C)C(C)(C)C)(c2ccccc2)c2ccc(OC)cc2)cc1. The molecule has 0 amide bonds. The fourth-order valence-corrected chi connectivity index (χ4v) is 10.5. The third kappa shape index (κ3) is 10.9. The van der Waals surface area contributed by atoms with Crippen LogP contribution in [0, 0.1) is 29.9 Å². The van der Waals surface area contributed by atoms with Gasteiger partial charge in [-0.25, -0.2) is 13.5 Å². The number of rotatable bonds is 19. The van der Waals surface area contributed by atoms with Gasteiger partial charge in [0.05, 0.1) is 39.9 Å². The van der Waals surface area contributed by atoms with Crippen molar-refractivity contribution in [3.8, 4) is 17.6 Å². The van der Waals surface area contributed by atoms with E-state index in [0.717, 1.165) is 22.8 Å². The van der Waals surface area contributed by atoms with Gasteiger partial charge in [-0.3, -0.25) is 0 Å². The Morgan fingerprint density at radius 2 is 1.34 bits per heavy atom. The summed E-state index contributed by atoms with van der Waals surface area (Å²) < 4.78 is 79.9. The van der Waals surface area contributed by atoms with E-state index in [4.69, 9.17) is 32.4 Å². The number of hydrogen-bond acceptors (Lipinski definition) is 9. The highest BCUT2D eigenvalue weighted by molar-refractivity contribution is 7.44. The van der Waals surface area contributed by atoms with Gasteiger partial charge in [0.25, 0.3) is 8.53 Å². The van der Waals surface area contributed by atoms with Crippen molar-refractivity contribution < 1.29 is 41.2 Å². The van der Waals surface area contributed by atoms with Crippen molar-refractivity contribution in [2.24, 2.45) is 0 Å². The number of hydrogen-bond donors (Lipinski definition) is 0. The first-order chi connectivity index (χ1) is 28.9. The maximum absolute atomic E-state index is 16.3. The van der Waals surface area contributed by atoms with Crippen molar-refractivity contribution in [1.82, 2.24) is 4.67 Å². The predicted octanol–water partition coefficient (Wildman–Crippen LogP) is 11.8. The molecule has 5 rings (SSSR count). The average molecular weight is 877 g/mol. The molecule has 4 aromatic rings. The van der Waals surface area contributed by atoms with E-state index in [-0.39, 0.29) is 47.9 Å². The standard InChI is InChI=1S/C48H63F2N2O7PSi/c1-32(2)52(33(3)4)60(56-28-16-27-51)58-46-44(40-29-34(5)41(49)30-42(40)50)57-43(45(46)59-61(11,12)47(6,7)8)31-55-48(35-17-14-13-15-18-35,36-19-23-38(53-9)24-20-36)37-21-25-39(54-10)26-22-37/h13-15,17-26,29-30,32-33,43-46H,16,28,31H2,1-12H3/t43-,44+,45+,46?,60?/m1/s1. The highest BCUT2D eigenvalue weighted by atomic mass is 31.2. The molecule has 1 aliphatic heterocycles. The van der Waals surface area contributed by atoms with Gasteiger partial charge < -0.3 is 32.4 Å². The van der Waals surface area contributed by atoms with Crippen LogP contribution in [0.3, 0.4) is 0 Å². The van der Waals surface area contributed by atoms with Crippen LogP contribution in [0.4, 0.5) is 8.78 Å². The summed E-state index contributed by atoms with van der Waals surface area (Å²) in [6.45, 7) is 20.7. The summed E-state index contributed by atoms with van der Waals surface area (Å²) in [4.78, 5) is 0. The molecule has 330 valence electrons. The molecule has 9 nitrogen and oxygen atoms in total. The largest absolute Gasteiger partial charge is 0.497 e. The van der Waals surface area contributed by atoms with Crippen molar-refractivity contribution in [2.45, 2.75) is 122 Å². The van der Waals surface area contributed by atoms with E-state index in [0.29, 0.717) is 11.5 Å². The lowest BCUT2D eigenvalue weighted by Crippen LogP contribution is -2.51. The fraction of sp³-hybridized carbons (Fsp3) is 0.479. The van der Waals surface area contributed by atoms with E-state index in [1.807, 2.05) is 78.9 Å². The molecule has 13 heteroatoms. The molecule has 0 radical (unpaired) electrons. The van der Waals surface area contributed by atoms with Crippen LogP contribution in [-0.2, 0) is 28.5 Å². The smallest absolute Gasteiger partial charge is 0.259 e. The summed E-state index contributed by atoms with van der Waals surface area (Å²) >= 11 is 0. The normalized spacial score (nSPS) is 19.1. The van der Waals surface area contributed by atoms with E-state index in [1.165, 1.54) is 6.07 Å². The van der Waals surface area contributed by atoms with Gasteiger partial charge in [0.1, 0.15) is 53.2 Å². The highest BCUT2D eigenvalue weighted by Crippen LogP contribution is 2.54. The maximum Gasteiger partial charge on any atom is 0.259 e. The second kappa shape index (κ2) is 20.6. The first kappa shape index (κ1) is 48.3. The number of ether oxygens (including phenoxy) is 4. The third-order valence-electron chi connectivity index (χ3n) is 11.6. The highest BCUT2D eigenvalue weighted by Gasteiger charge is 2.54. The van der Waals surface area contributed by atoms with E-state index < -0.39 is 58.5 Å². The summed E-state index contributed by atoms with van der Waals surface area (Å²) in [6.07, 6.45) is -3.47. The van der Waals surface area contributed by atoms with E-state index >= 15 is 4.39 Å². The molecular weight excluding hydrogens is 814 g/mol. The average Bonchev–Trinajstić information content (AvgIpc) is 3.54. The van der Waals surface area contributed by atoms with Gasteiger partial charge in [-0.2, -0.15) is 5.26 Å². The second-order valence-electron chi connectivity index (χ2n) is 17.5. The van der Waals surface area contributed by atoms with Crippen LogP contribution in [0.2, 0.25) is 18.1 Å². The topological polar surface area (TPSA) is 91.6 Å². The Morgan fingerprint density at radius 1 is 0.803 bits per heavy atom. The van der Waals surface area contributed by atoms with Gasteiger partial charge in [-0.05, 0) is 105 Å². The van der Waals surface area contributed by atoms with Crippen LogP contribution in [-0.4, -0.2) is 70.8 Å². The lowest BCUT2D eigenvalue weighted by molar-refractivity contribution is -0.0812. The number of nitrogens with zero attached hydrogens (tertiary/aromatic N) is 2. The Bertz CT molecular complexity index is 2000. The Morgan fingerprint density at radius 3 is 1.84 bits per heavy atom. The Hall–Kier alpha value is -3.76. The molecule has 61 heavy (non-hydrogen) atoms. The molecular formula is C48H63F2N2O7PSi. The summed E-state index contributed by atoms with van der Waals surface area (Å²) in [5.74, 6) is -0.0479. The molecule has 0 N–H and O–H groups in total. The maximum atomic E-state index is 16.3. The predicted molar refractivity (Wildman–Crippen MR) is 239 cm³/mol. The molecule has 5 atom stereocenters. The fourth-order valence-electron chi connectivity index (χ4n) is 7.46. The lowest BCUT2D eigenvalue weighted by atomic mass is 9.80. The number of nitriles is 1. The van der Waals surface area contributed by atoms with E-state index in [9.17, 15) is 9.65 Å². The number of benzene rings is 4. The van der Waals surface area contributed by atoms with Crippen molar-refractivity contribution in [3.63, 3.8) is 0 Å².